The van der Waals surface area contributed by atoms with Gasteiger partial charge < -0.3 is 14.4 Å². The highest BCUT2D eigenvalue weighted by Crippen LogP contribution is 2.25. The molecular weight excluding hydrogens is 252 g/mol. The molecule has 0 spiro atoms. The number of ether oxygens (including phenoxy) is 1. The third kappa shape index (κ3) is 3.02. The summed E-state index contributed by atoms with van der Waals surface area (Å²) in [4.78, 5) is 4.40. The minimum atomic E-state index is -0.480. The van der Waals surface area contributed by atoms with Crippen LogP contribution < -0.4 is 4.74 Å². The Morgan fingerprint density at radius 3 is 2.65 bits per heavy atom. The van der Waals surface area contributed by atoms with E-state index in [2.05, 4.69) is 23.4 Å². The second kappa shape index (κ2) is 6.09. The van der Waals surface area contributed by atoms with Crippen LogP contribution in [0.5, 0.6) is 5.75 Å². The van der Waals surface area contributed by atoms with Crippen LogP contribution >= 0.6 is 0 Å². The van der Waals surface area contributed by atoms with Crippen LogP contribution in [0.15, 0.2) is 30.6 Å². The number of imidazole rings is 1. The first-order chi connectivity index (χ1) is 9.52. The predicted octanol–water partition coefficient (Wildman–Crippen LogP) is 3.12. The van der Waals surface area contributed by atoms with Gasteiger partial charge in [-0.1, -0.05) is 19.9 Å². The molecule has 1 unspecified atom stereocenters. The van der Waals surface area contributed by atoms with E-state index in [1.165, 1.54) is 0 Å². The molecule has 0 saturated carbocycles. The fraction of sp³-hybridized carbons (Fsp3) is 0.438. The number of hydrogen-bond donors (Lipinski definition) is 1. The van der Waals surface area contributed by atoms with Gasteiger partial charge in [-0.15, -0.1) is 0 Å². The molecule has 0 amide bonds. The highest BCUT2D eigenvalue weighted by Gasteiger charge is 2.12. The Bertz CT molecular complexity index is 574. The highest BCUT2D eigenvalue weighted by molar-refractivity contribution is 5.38. The Hall–Kier alpha value is -1.81. The molecule has 0 aliphatic rings. The van der Waals surface area contributed by atoms with E-state index in [4.69, 9.17) is 4.74 Å². The fourth-order valence-corrected chi connectivity index (χ4v) is 2.32. The van der Waals surface area contributed by atoms with E-state index in [1.54, 1.807) is 14.0 Å². The van der Waals surface area contributed by atoms with Crippen molar-refractivity contribution < 1.29 is 9.84 Å². The summed E-state index contributed by atoms with van der Waals surface area (Å²) in [6.07, 6.45) is 3.32. The maximum atomic E-state index is 9.72. The van der Waals surface area contributed by atoms with Gasteiger partial charge in [-0.3, -0.25) is 0 Å². The Morgan fingerprint density at radius 1 is 1.30 bits per heavy atom. The van der Waals surface area contributed by atoms with Crippen molar-refractivity contribution >= 4 is 0 Å². The van der Waals surface area contributed by atoms with Crippen LogP contribution in [0.25, 0.3) is 0 Å². The summed E-state index contributed by atoms with van der Waals surface area (Å²) in [5.74, 6) is 2.25. The maximum Gasteiger partial charge on any atom is 0.123 e. The molecule has 0 saturated heterocycles. The lowest BCUT2D eigenvalue weighted by Crippen LogP contribution is -2.07. The Kier molecular flexibility index (Phi) is 4.45. The number of nitrogens with zero attached hydrogens (tertiary/aromatic N) is 2. The number of aliphatic hydroxyl groups excluding tert-OH is 1. The van der Waals surface area contributed by atoms with E-state index in [1.807, 2.05) is 30.6 Å². The van der Waals surface area contributed by atoms with Crippen molar-refractivity contribution in [1.29, 1.82) is 0 Å². The molecule has 108 valence electrons. The quantitative estimate of drug-likeness (QED) is 0.911. The summed E-state index contributed by atoms with van der Waals surface area (Å²) >= 11 is 0. The molecule has 1 N–H and O–H groups in total. The summed E-state index contributed by atoms with van der Waals surface area (Å²) in [5, 5.41) is 9.72. The van der Waals surface area contributed by atoms with Crippen molar-refractivity contribution in [3.63, 3.8) is 0 Å². The first-order valence-corrected chi connectivity index (χ1v) is 6.88. The van der Waals surface area contributed by atoms with Crippen molar-refractivity contribution in [2.24, 2.45) is 0 Å². The lowest BCUT2D eigenvalue weighted by Gasteiger charge is -2.15. The van der Waals surface area contributed by atoms with E-state index in [0.717, 1.165) is 22.7 Å². The van der Waals surface area contributed by atoms with E-state index >= 15 is 0 Å². The largest absolute Gasteiger partial charge is 0.496 e. The van der Waals surface area contributed by atoms with E-state index < -0.39 is 6.10 Å². The lowest BCUT2D eigenvalue weighted by atomic mass is 10.1. The Balaban J connectivity index is 2.36. The van der Waals surface area contributed by atoms with Crippen LogP contribution in [-0.2, 0) is 6.54 Å². The molecule has 4 nitrogen and oxygen atoms in total. The van der Waals surface area contributed by atoms with Gasteiger partial charge in [0.1, 0.15) is 11.6 Å². The normalized spacial score (nSPS) is 12.7. The summed E-state index contributed by atoms with van der Waals surface area (Å²) in [6, 6.07) is 5.79. The average Bonchev–Trinajstić information content (AvgIpc) is 2.87. The third-order valence-corrected chi connectivity index (χ3v) is 3.39. The van der Waals surface area contributed by atoms with Gasteiger partial charge in [0, 0.05) is 23.9 Å². The van der Waals surface area contributed by atoms with Gasteiger partial charge >= 0.3 is 0 Å². The molecule has 0 aliphatic heterocycles. The van der Waals surface area contributed by atoms with Crippen molar-refractivity contribution in [2.75, 3.05) is 7.11 Å². The second-order valence-electron chi connectivity index (χ2n) is 5.32. The van der Waals surface area contributed by atoms with Gasteiger partial charge in [0.2, 0.25) is 0 Å². The van der Waals surface area contributed by atoms with E-state index in [9.17, 15) is 5.11 Å². The van der Waals surface area contributed by atoms with Crippen LogP contribution in [0, 0.1) is 0 Å². The van der Waals surface area contributed by atoms with Gasteiger partial charge in [0.05, 0.1) is 19.8 Å². The fourth-order valence-electron chi connectivity index (χ4n) is 2.32. The first-order valence-electron chi connectivity index (χ1n) is 6.88. The van der Waals surface area contributed by atoms with Crippen LogP contribution in [0.4, 0.5) is 0 Å². The molecule has 1 atom stereocenters. The standard InChI is InChI=1S/C16H22N2O2/c1-11(2)16-17-7-8-18(16)10-14-9-13(12(3)19)5-6-15(14)20-4/h5-9,11-12,19H,10H2,1-4H3. The average molecular weight is 274 g/mol. The minimum absolute atomic E-state index is 0.371. The summed E-state index contributed by atoms with van der Waals surface area (Å²) in [6.45, 7) is 6.71. The minimum Gasteiger partial charge on any atom is -0.496 e. The van der Waals surface area contributed by atoms with Crippen molar-refractivity contribution in [2.45, 2.75) is 39.3 Å². The van der Waals surface area contributed by atoms with Crippen molar-refractivity contribution in [1.82, 2.24) is 9.55 Å². The lowest BCUT2D eigenvalue weighted by molar-refractivity contribution is 0.199. The topological polar surface area (TPSA) is 47.3 Å². The molecule has 0 bridgehead atoms. The molecular formula is C16H22N2O2. The molecule has 2 aromatic rings. The van der Waals surface area contributed by atoms with Crippen LogP contribution in [0.1, 0.15) is 49.7 Å². The molecule has 0 fully saturated rings. The second-order valence-corrected chi connectivity index (χ2v) is 5.32. The van der Waals surface area contributed by atoms with Crippen molar-refractivity contribution in [3.05, 3.63) is 47.5 Å². The van der Waals surface area contributed by atoms with Crippen LogP contribution in [-0.4, -0.2) is 21.8 Å². The van der Waals surface area contributed by atoms with Crippen molar-refractivity contribution in [3.8, 4) is 5.75 Å². The van der Waals surface area contributed by atoms with E-state index in [0.29, 0.717) is 12.5 Å². The Labute approximate surface area is 120 Å². The van der Waals surface area contributed by atoms with Gasteiger partial charge in [-0.05, 0) is 24.6 Å². The third-order valence-electron chi connectivity index (χ3n) is 3.39. The number of rotatable bonds is 5. The number of hydrogen-bond acceptors (Lipinski definition) is 3. The van der Waals surface area contributed by atoms with Gasteiger partial charge in [-0.2, -0.15) is 0 Å². The predicted molar refractivity (Wildman–Crippen MR) is 79.0 cm³/mol. The molecule has 4 heteroatoms. The zero-order valence-electron chi connectivity index (χ0n) is 12.5. The molecule has 1 aromatic carbocycles. The molecule has 1 aromatic heterocycles. The summed E-state index contributed by atoms with van der Waals surface area (Å²) in [7, 11) is 1.66. The molecule has 1 heterocycles. The SMILES string of the molecule is COc1ccc(C(C)O)cc1Cn1ccnc1C(C)C. The smallest absolute Gasteiger partial charge is 0.123 e. The first kappa shape index (κ1) is 14.6. The molecule has 0 radical (unpaired) electrons. The van der Waals surface area contributed by atoms with Gasteiger partial charge in [0.15, 0.2) is 0 Å². The molecule has 20 heavy (non-hydrogen) atoms. The number of aromatic nitrogens is 2. The van der Waals surface area contributed by atoms with Gasteiger partial charge in [-0.25, -0.2) is 4.98 Å². The van der Waals surface area contributed by atoms with E-state index in [-0.39, 0.29) is 0 Å². The highest BCUT2D eigenvalue weighted by atomic mass is 16.5. The zero-order chi connectivity index (χ0) is 14.7. The Morgan fingerprint density at radius 2 is 2.05 bits per heavy atom. The monoisotopic (exact) mass is 274 g/mol. The van der Waals surface area contributed by atoms with Crippen LogP contribution in [0.2, 0.25) is 0 Å². The summed E-state index contributed by atoms with van der Waals surface area (Å²) in [5.41, 5.74) is 1.94. The maximum absolute atomic E-state index is 9.72. The number of aliphatic hydroxyl groups is 1. The van der Waals surface area contributed by atoms with Crippen LogP contribution in [0.3, 0.4) is 0 Å². The summed E-state index contributed by atoms with van der Waals surface area (Å²) < 4.78 is 7.53. The molecule has 0 aliphatic carbocycles. The molecule has 2 rings (SSSR count). The van der Waals surface area contributed by atoms with Gasteiger partial charge in [0.25, 0.3) is 0 Å². The number of methoxy groups -OCH3 is 1. The zero-order valence-corrected chi connectivity index (χ0v) is 12.5. The number of benzene rings is 1.